The zero-order valence-electron chi connectivity index (χ0n) is 20.5. The zero-order chi connectivity index (χ0) is 25.6. The number of rotatable bonds is 9. The molecule has 1 aliphatic carbocycles. The Morgan fingerprint density at radius 1 is 1.00 bits per heavy atom. The molecule has 4 atom stereocenters. The number of ketones is 1. The fraction of sp³-hybridized carbons (Fsp3) is 0.444. The van der Waals surface area contributed by atoms with Crippen LogP contribution in [0, 0.1) is 11.8 Å². The smallest absolute Gasteiger partial charge is 0.317 e. The van der Waals surface area contributed by atoms with Crippen molar-refractivity contribution in [2.75, 3.05) is 20.3 Å². The van der Waals surface area contributed by atoms with Crippen LogP contribution in [0.1, 0.15) is 44.2 Å². The number of esters is 2. The van der Waals surface area contributed by atoms with E-state index in [4.69, 9.17) is 18.9 Å². The first kappa shape index (κ1) is 26.2. The predicted molar refractivity (Wildman–Crippen MR) is 127 cm³/mol. The largest absolute Gasteiger partial charge is 0.493 e. The molecule has 0 aliphatic heterocycles. The van der Waals surface area contributed by atoms with Gasteiger partial charge in [-0.15, -0.1) is 0 Å². The van der Waals surface area contributed by atoms with Crippen molar-refractivity contribution in [3.8, 4) is 11.5 Å². The van der Waals surface area contributed by atoms with Crippen molar-refractivity contribution in [3.63, 3.8) is 0 Å². The fourth-order valence-electron chi connectivity index (χ4n) is 4.63. The summed E-state index contributed by atoms with van der Waals surface area (Å²) in [4.78, 5) is 38.9. The van der Waals surface area contributed by atoms with Crippen LogP contribution in [0.5, 0.6) is 11.5 Å². The summed E-state index contributed by atoms with van der Waals surface area (Å²) in [6.07, 6.45) is -0.369. The average Bonchev–Trinajstić information content (AvgIpc) is 2.82. The summed E-state index contributed by atoms with van der Waals surface area (Å²) in [7, 11) is 1.47. The Labute approximate surface area is 205 Å². The molecular formula is C27H32O8. The lowest BCUT2D eigenvalue weighted by atomic mass is 9.61. The molecule has 0 aromatic heterocycles. The minimum absolute atomic E-state index is 0.0748. The van der Waals surface area contributed by atoms with Gasteiger partial charge in [0.05, 0.1) is 31.8 Å². The van der Waals surface area contributed by atoms with Gasteiger partial charge in [-0.1, -0.05) is 36.4 Å². The normalized spacial score (nSPS) is 23.9. The molecule has 1 saturated carbocycles. The number of methoxy groups -OCH3 is 1. The third-order valence-corrected chi connectivity index (χ3v) is 6.16. The molecule has 8 nitrogen and oxygen atoms in total. The maximum atomic E-state index is 13.0. The molecule has 0 bridgehead atoms. The first-order valence-electron chi connectivity index (χ1n) is 11.7. The standard InChI is InChI=1S/C27H32O8/c1-5-33-25(29)23-19(28)15-27(3,31)24(26(30)34-6-2)22(23)18-12-13-20(21(14-18)32-4)35-16-17-10-8-7-9-11-17/h7-14,22-24,31H,5-6,15-16H2,1-4H3/t22-,23-,24+,27+/m1/s1. The SMILES string of the molecule is CCOC(=O)[C@@H]1C(=O)C[C@](C)(O)[C@H](C(=O)OCC)[C@@H]1c1ccc(OCc2ccccc2)c(OC)c1. The van der Waals surface area contributed by atoms with Gasteiger partial charge in [0, 0.05) is 12.3 Å². The molecule has 0 unspecified atom stereocenters. The number of benzene rings is 2. The van der Waals surface area contributed by atoms with E-state index in [0.717, 1.165) is 5.56 Å². The Morgan fingerprint density at radius 2 is 1.66 bits per heavy atom. The zero-order valence-corrected chi connectivity index (χ0v) is 20.5. The molecule has 2 aromatic carbocycles. The number of hydrogen-bond acceptors (Lipinski definition) is 8. The lowest BCUT2D eigenvalue weighted by molar-refractivity contribution is -0.172. The molecule has 188 valence electrons. The highest BCUT2D eigenvalue weighted by Crippen LogP contribution is 2.48. The maximum Gasteiger partial charge on any atom is 0.317 e. The molecule has 3 rings (SSSR count). The molecule has 8 heteroatoms. The Bertz CT molecular complexity index is 1050. The Balaban J connectivity index is 2.04. The van der Waals surface area contributed by atoms with Crippen LogP contribution < -0.4 is 9.47 Å². The molecule has 0 saturated heterocycles. The van der Waals surface area contributed by atoms with Gasteiger partial charge < -0.3 is 24.1 Å². The Kier molecular flexibility index (Phi) is 8.51. The van der Waals surface area contributed by atoms with Crippen LogP contribution in [0.25, 0.3) is 0 Å². The molecule has 1 aliphatic rings. The van der Waals surface area contributed by atoms with E-state index < -0.39 is 41.1 Å². The van der Waals surface area contributed by atoms with Crippen molar-refractivity contribution >= 4 is 17.7 Å². The van der Waals surface area contributed by atoms with Crippen LogP contribution in [0.3, 0.4) is 0 Å². The van der Waals surface area contributed by atoms with E-state index in [-0.39, 0.29) is 19.6 Å². The second-order valence-corrected chi connectivity index (χ2v) is 8.67. The lowest BCUT2D eigenvalue weighted by Crippen LogP contribution is -2.55. The van der Waals surface area contributed by atoms with Crippen molar-refractivity contribution in [1.29, 1.82) is 0 Å². The number of carbonyl (C=O) groups excluding carboxylic acids is 3. The summed E-state index contributed by atoms with van der Waals surface area (Å²) < 4.78 is 21.9. The van der Waals surface area contributed by atoms with E-state index >= 15 is 0 Å². The highest BCUT2D eigenvalue weighted by atomic mass is 16.5. The van der Waals surface area contributed by atoms with Gasteiger partial charge in [0.2, 0.25) is 0 Å². The van der Waals surface area contributed by atoms with Crippen molar-refractivity contribution < 1.29 is 38.4 Å². The van der Waals surface area contributed by atoms with Gasteiger partial charge in [-0.2, -0.15) is 0 Å². The number of aliphatic hydroxyl groups is 1. The molecule has 1 fully saturated rings. The van der Waals surface area contributed by atoms with Crippen LogP contribution in [0.2, 0.25) is 0 Å². The highest BCUT2D eigenvalue weighted by molar-refractivity contribution is 6.02. The fourth-order valence-corrected chi connectivity index (χ4v) is 4.63. The van der Waals surface area contributed by atoms with E-state index in [1.54, 1.807) is 32.0 Å². The van der Waals surface area contributed by atoms with Gasteiger partial charge in [-0.25, -0.2) is 0 Å². The van der Waals surface area contributed by atoms with Gasteiger partial charge in [-0.3, -0.25) is 14.4 Å². The summed E-state index contributed by atoms with van der Waals surface area (Å²) >= 11 is 0. The second kappa shape index (κ2) is 11.4. The van der Waals surface area contributed by atoms with Crippen LogP contribution in [-0.2, 0) is 30.5 Å². The van der Waals surface area contributed by atoms with E-state index in [1.165, 1.54) is 14.0 Å². The van der Waals surface area contributed by atoms with Gasteiger partial charge in [0.25, 0.3) is 0 Å². The molecular weight excluding hydrogens is 452 g/mol. The van der Waals surface area contributed by atoms with Crippen LogP contribution in [-0.4, -0.2) is 48.8 Å². The van der Waals surface area contributed by atoms with E-state index in [9.17, 15) is 19.5 Å². The van der Waals surface area contributed by atoms with Crippen LogP contribution >= 0.6 is 0 Å². The summed E-state index contributed by atoms with van der Waals surface area (Å²) in [6.45, 7) is 5.18. The van der Waals surface area contributed by atoms with Crippen molar-refractivity contribution in [2.24, 2.45) is 11.8 Å². The molecule has 0 amide bonds. The number of Topliss-reactive ketones (excluding diaryl/α,β-unsaturated/α-hetero) is 1. The average molecular weight is 485 g/mol. The van der Waals surface area contributed by atoms with Crippen LogP contribution in [0.15, 0.2) is 48.5 Å². The number of ether oxygens (including phenoxy) is 4. The van der Waals surface area contributed by atoms with E-state index in [0.29, 0.717) is 23.7 Å². The highest BCUT2D eigenvalue weighted by Gasteiger charge is 2.57. The van der Waals surface area contributed by atoms with E-state index in [1.807, 2.05) is 30.3 Å². The number of carbonyl (C=O) groups is 3. The van der Waals surface area contributed by atoms with E-state index in [2.05, 4.69) is 0 Å². The topological polar surface area (TPSA) is 108 Å². The van der Waals surface area contributed by atoms with Gasteiger partial charge in [0.1, 0.15) is 12.5 Å². The van der Waals surface area contributed by atoms with Crippen molar-refractivity contribution in [2.45, 2.75) is 45.3 Å². The van der Waals surface area contributed by atoms with Gasteiger partial charge in [-0.05, 0) is 44.0 Å². The molecule has 2 aromatic rings. The van der Waals surface area contributed by atoms with Gasteiger partial charge >= 0.3 is 11.9 Å². The van der Waals surface area contributed by atoms with Crippen molar-refractivity contribution in [1.82, 2.24) is 0 Å². The van der Waals surface area contributed by atoms with Crippen molar-refractivity contribution in [3.05, 3.63) is 59.7 Å². The minimum atomic E-state index is -1.72. The molecule has 35 heavy (non-hydrogen) atoms. The second-order valence-electron chi connectivity index (χ2n) is 8.67. The summed E-state index contributed by atoms with van der Waals surface area (Å²) in [5.41, 5.74) is -0.289. The summed E-state index contributed by atoms with van der Waals surface area (Å²) in [6, 6.07) is 14.6. The Morgan fingerprint density at radius 3 is 2.29 bits per heavy atom. The first-order valence-corrected chi connectivity index (χ1v) is 11.7. The predicted octanol–water partition coefficient (Wildman–Crippen LogP) is 3.44. The summed E-state index contributed by atoms with van der Waals surface area (Å²) in [5.74, 6) is -4.57. The van der Waals surface area contributed by atoms with Gasteiger partial charge in [0.15, 0.2) is 17.3 Å². The van der Waals surface area contributed by atoms with Crippen LogP contribution in [0.4, 0.5) is 0 Å². The maximum absolute atomic E-state index is 13.0. The third-order valence-electron chi connectivity index (χ3n) is 6.16. The lowest BCUT2D eigenvalue weighted by Gasteiger charge is -2.43. The molecule has 0 heterocycles. The third kappa shape index (κ3) is 5.82. The molecule has 0 radical (unpaired) electrons. The quantitative estimate of drug-likeness (QED) is 0.426. The Hall–Kier alpha value is -3.39. The first-order chi connectivity index (χ1) is 16.7. The molecule has 0 spiro atoms. The summed E-state index contributed by atoms with van der Waals surface area (Å²) in [5, 5.41) is 11.1. The minimum Gasteiger partial charge on any atom is -0.493 e. The number of hydrogen-bond donors (Lipinski definition) is 1. The molecule has 1 N–H and O–H groups in total. The monoisotopic (exact) mass is 484 g/mol.